The van der Waals surface area contributed by atoms with Gasteiger partial charge in [-0.3, -0.25) is 9.59 Å². The van der Waals surface area contributed by atoms with Crippen LogP contribution < -0.4 is 11.1 Å². The standard InChI is InChI=1S/C33H42ClF3N6O5S/c1-40(49(2,47)48)24-8-14-42(15-9-24)31(45)23(17-21-18-26(33(35,36)37)30(38)27(34)19-21)20-29(44)41-12-10-25(11-13-41)43-16-7-22-5-3-4-6-28(22)39-32(43)46/h3-6,18-19,23-25H,7-17,20,38H2,1-2H3,(H,39,46)/t23-/m0/s1. The van der Waals surface area contributed by atoms with Gasteiger partial charge in [-0.15, -0.1) is 0 Å². The van der Waals surface area contributed by atoms with Crippen LogP contribution in [0.25, 0.3) is 0 Å². The van der Waals surface area contributed by atoms with Crippen LogP contribution in [0.3, 0.4) is 0 Å². The van der Waals surface area contributed by atoms with E-state index in [-0.39, 0.29) is 60.5 Å². The maximum Gasteiger partial charge on any atom is 0.418 e. The average Bonchev–Trinajstić information content (AvgIpc) is 3.22. The fraction of sp³-hybridized carbons (Fsp3) is 0.545. The number of anilines is 2. The number of piperidine rings is 2. The summed E-state index contributed by atoms with van der Waals surface area (Å²) >= 11 is 6.09. The molecule has 4 amide bonds. The number of hydrogen-bond donors (Lipinski definition) is 2. The number of alkyl halides is 3. The Morgan fingerprint density at radius 3 is 2.31 bits per heavy atom. The van der Waals surface area contributed by atoms with Crippen molar-refractivity contribution in [1.29, 1.82) is 0 Å². The maximum atomic E-state index is 13.9. The SMILES string of the molecule is CN(C1CCN(C(=O)[C@H](CC(=O)N2CCC(N3CCc4ccccc4NC3=O)CC2)Cc2cc(Cl)c(N)c(C(F)(F)F)c2)CC1)S(C)(=O)=O. The van der Waals surface area contributed by atoms with E-state index in [1.807, 2.05) is 29.2 Å². The molecule has 0 spiro atoms. The number of hydrogen-bond acceptors (Lipinski definition) is 6. The molecule has 0 bridgehead atoms. The number of carbonyl (C=O) groups excluding carboxylic acids is 3. The normalized spacial score (nSPS) is 19.0. The lowest BCUT2D eigenvalue weighted by molar-refractivity contribution is -0.142. The Morgan fingerprint density at radius 2 is 1.67 bits per heavy atom. The molecule has 49 heavy (non-hydrogen) atoms. The molecule has 0 radical (unpaired) electrons. The highest BCUT2D eigenvalue weighted by molar-refractivity contribution is 7.88. The summed E-state index contributed by atoms with van der Waals surface area (Å²) < 4.78 is 66.7. The van der Waals surface area contributed by atoms with E-state index in [1.54, 1.807) is 9.80 Å². The molecule has 0 aromatic heterocycles. The molecule has 11 nitrogen and oxygen atoms in total. The van der Waals surface area contributed by atoms with E-state index in [0.29, 0.717) is 51.7 Å². The minimum absolute atomic E-state index is 0.0835. The Morgan fingerprint density at radius 1 is 1.04 bits per heavy atom. The molecule has 3 heterocycles. The molecule has 1 atom stereocenters. The smallest absolute Gasteiger partial charge is 0.397 e. The first-order valence-electron chi connectivity index (χ1n) is 16.3. The summed E-state index contributed by atoms with van der Waals surface area (Å²) in [5.74, 6) is -1.70. The molecule has 268 valence electrons. The van der Waals surface area contributed by atoms with Crippen molar-refractivity contribution in [3.05, 3.63) is 58.1 Å². The summed E-state index contributed by atoms with van der Waals surface area (Å²) in [5, 5.41) is 2.68. The number of urea groups is 1. The first-order chi connectivity index (χ1) is 23.0. The molecule has 3 aliphatic heterocycles. The minimum Gasteiger partial charge on any atom is -0.397 e. The van der Waals surface area contributed by atoms with Crippen LogP contribution in [0.2, 0.25) is 5.02 Å². The zero-order valence-corrected chi connectivity index (χ0v) is 29.1. The first-order valence-corrected chi connectivity index (χ1v) is 18.6. The molecular formula is C33H42ClF3N6O5S. The Kier molecular flexibility index (Phi) is 11.0. The number of nitrogens with one attached hydrogen (secondary N) is 1. The average molecular weight is 727 g/mol. The Bertz CT molecular complexity index is 1680. The molecular weight excluding hydrogens is 685 g/mol. The lowest BCUT2D eigenvalue weighted by Crippen LogP contribution is -2.51. The number of rotatable bonds is 8. The summed E-state index contributed by atoms with van der Waals surface area (Å²) in [6.45, 7) is 1.72. The molecule has 0 aliphatic carbocycles. The monoisotopic (exact) mass is 726 g/mol. The van der Waals surface area contributed by atoms with Gasteiger partial charge in [0.1, 0.15) is 0 Å². The molecule has 5 rings (SSSR count). The van der Waals surface area contributed by atoms with Crippen LogP contribution in [0.5, 0.6) is 0 Å². The third kappa shape index (κ3) is 8.61. The van der Waals surface area contributed by atoms with Gasteiger partial charge >= 0.3 is 12.2 Å². The summed E-state index contributed by atoms with van der Waals surface area (Å²) in [5.41, 5.74) is 5.87. The number of carbonyl (C=O) groups is 3. The first kappa shape index (κ1) is 36.7. The van der Waals surface area contributed by atoms with Gasteiger partial charge in [0.15, 0.2) is 0 Å². The van der Waals surface area contributed by atoms with Crippen molar-refractivity contribution in [2.24, 2.45) is 5.92 Å². The maximum absolute atomic E-state index is 13.9. The number of para-hydroxylation sites is 1. The zero-order chi connectivity index (χ0) is 35.7. The van der Waals surface area contributed by atoms with E-state index in [9.17, 15) is 36.0 Å². The highest BCUT2D eigenvalue weighted by Crippen LogP contribution is 2.38. The largest absolute Gasteiger partial charge is 0.418 e. The highest BCUT2D eigenvalue weighted by Gasteiger charge is 2.38. The lowest BCUT2D eigenvalue weighted by Gasteiger charge is -2.39. The van der Waals surface area contributed by atoms with Crippen molar-refractivity contribution in [2.45, 2.75) is 63.2 Å². The number of nitrogen functional groups attached to an aromatic ring is 1. The van der Waals surface area contributed by atoms with Crippen molar-refractivity contribution in [3.63, 3.8) is 0 Å². The van der Waals surface area contributed by atoms with Crippen LogP contribution in [0, 0.1) is 5.92 Å². The van der Waals surface area contributed by atoms with Gasteiger partial charge < -0.3 is 25.8 Å². The molecule has 16 heteroatoms. The van der Waals surface area contributed by atoms with Crippen molar-refractivity contribution >= 4 is 50.8 Å². The lowest BCUT2D eigenvalue weighted by atomic mass is 9.91. The highest BCUT2D eigenvalue weighted by atomic mass is 35.5. The zero-order valence-electron chi connectivity index (χ0n) is 27.5. The Labute approximate surface area is 289 Å². The van der Waals surface area contributed by atoms with E-state index in [2.05, 4.69) is 5.32 Å². The predicted molar refractivity (Wildman–Crippen MR) is 180 cm³/mol. The van der Waals surface area contributed by atoms with Gasteiger partial charge in [-0.2, -0.15) is 13.2 Å². The second-order valence-electron chi connectivity index (χ2n) is 13.1. The van der Waals surface area contributed by atoms with Gasteiger partial charge in [-0.05, 0) is 67.9 Å². The number of likely N-dealkylation sites (tertiary alicyclic amines) is 2. The van der Waals surface area contributed by atoms with Crippen molar-refractivity contribution < 1.29 is 36.0 Å². The predicted octanol–water partition coefficient (Wildman–Crippen LogP) is 4.45. The van der Waals surface area contributed by atoms with Crippen LogP contribution in [0.4, 0.5) is 29.3 Å². The Hall–Kier alpha value is -3.56. The minimum atomic E-state index is -4.77. The Balaban J connectivity index is 1.28. The molecule has 3 aliphatic rings. The summed E-state index contributed by atoms with van der Waals surface area (Å²) in [6.07, 6.45) is -1.54. The second-order valence-corrected chi connectivity index (χ2v) is 15.6. The summed E-state index contributed by atoms with van der Waals surface area (Å²) in [7, 11) is -1.95. The summed E-state index contributed by atoms with van der Waals surface area (Å²) in [4.78, 5) is 45.7. The molecule has 2 aromatic rings. The number of benzene rings is 2. The van der Waals surface area contributed by atoms with E-state index >= 15 is 0 Å². The molecule has 2 saturated heterocycles. The number of halogens is 4. The molecule has 0 unspecified atom stereocenters. The number of amides is 4. The van der Waals surface area contributed by atoms with E-state index in [4.69, 9.17) is 17.3 Å². The van der Waals surface area contributed by atoms with Crippen LogP contribution in [0.1, 0.15) is 48.8 Å². The number of fused-ring (bicyclic) bond motifs is 1. The quantitative estimate of drug-likeness (QED) is 0.386. The third-order valence-corrected chi connectivity index (χ3v) is 11.6. The van der Waals surface area contributed by atoms with Gasteiger partial charge in [0.25, 0.3) is 0 Å². The van der Waals surface area contributed by atoms with Gasteiger partial charge in [-0.1, -0.05) is 29.8 Å². The number of nitrogens with two attached hydrogens (primary N) is 1. The van der Waals surface area contributed by atoms with E-state index < -0.39 is 39.3 Å². The van der Waals surface area contributed by atoms with Crippen molar-refractivity contribution in [3.8, 4) is 0 Å². The van der Waals surface area contributed by atoms with Crippen molar-refractivity contribution in [1.82, 2.24) is 19.0 Å². The van der Waals surface area contributed by atoms with Crippen LogP contribution >= 0.6 is 11.6 Å². The topological polar surface area (TPSA) is 136 Å². The summed E-state index contributed by atoms with van der Waals surface area (Å²) in [6, 6.07) is 9.24. The van der Waals surface area contributed by atoms with Gasteiger partial charge in [0.05, 0.1) is 28.4 Å². The van der Waals surface area contributed by atoms with E-state index in [1.165, 1.54) is 17.4 Å². The van der Waals surface area contributed by atoms with Gasteiger partial charge in [0, 0.05) is 64.0 Å². The van der Waals surface area contributed by atoms with Crippen molar-refractivity contribution in [2.75, 3.05) is 57.1 Å². The fourth-order valence-electron chi connectivity index (χ4n) is 7.04. The van der Waals surface area contributed by atoms with Crippen LogP contribution in [0.15, 0.2) is 36.4 Å². The molecule has 2 aromatic carbocycles. The van der Waals surface area contributed by atoms with E-state index in [0.717, 1.165) is 23.6 Å². The van der Waals surface area contributed by atoms with Crippen LogP contribution in [-0.4, -0.2) is 103 Å². The molecule has 0 saturated carbocycles. The van der Waals surface area contributed by atoms with Gasteiger partial charge in [-0.25, -0.2) is 17.5 Å². The van der Waals surface area contributed by atoms with Gasteiger partial charge in [0.2, 0.25) is 21.8 Å². The second kappa shape index (κ2) is 14.7. The third-order valence-electron chi connectivity index (χ3n) is 9.96. The fourth-order valence-corrected chi connectivity index (χ4v) is 8.04. The molecule has 3 N–H and O–H groups in total. The van der Waals surface area contributed by atoms with Crippen LogP contribution in [-0.2, 0) is 38.6 Å². The number of nitrogens with zero attached hydrogens (tertiary/aromatic N) is 4. The molecule has 2 fully saturated rings. The number of sulfonamides is 1.